The van der Waals surface area contributed by atoms with Crippen LogP contribution in [0.1, 0.15) is 54.4 Å². The molecule has 0 N–H and O–H groups in total. The summed E-state index contributed by atoms with van der Waals surface area (Å²) in [5, 5.41) is 0. The first kappa shape index (κ1) is 25.7. The van der Waals surface area contributed by atoms with E-state index in [1.54, 1.807) is 0 Å². The van der Waals surface area contributed by atoms with Crippen LogP contribution in [0.25, 0.3) is 0 Å². The standard InChI is InChI=1S/C28H36FN3O2S/c1-30(24-8-3-2-4-9-24)27(33)21-35-26-11-6-5-10-25(26)28(34)32-17-7-16-31(18-19-32)20-22-12-14-23(29)15-13-22/h5-6,10-15,24H,2-4,7-9,16-21H2,1H3. The first-order valence-electron chi connectivity index (χ1n) is 12.7. The highest BCUT2D eigenvalue weighted by molar-refractivity contribution is 8.00. The van der Waals surface area contributed by atoms with Crippen LogP contribution in [0.15, 0.2) is 53.4 Å². The molecule has 0 unspecified atom stereocenters. The van der Waals surface area contributed by atoms with Gasteiger partial charge in [0, 0.05) is 50.7 Å². The molecule has 2 aliphatic rings. The molecule has 4 rings (SSSR count). The van der Waals surface area contributed by atoms with E-state index in [-0.39, 0.29) is 17.6 Å². The number of thioether (sulfide) groups is 1. The highest BCUT2D eigenvalue weighted by Crippen LogP contribution is 2.27. The maximum Gasteiger partial charge on any atom is 0.255 e. The number of hydrogen-bond acceptors (Lipinski definition) is 4. The van der Waals surface area contributed by atoms with Gasteiger partial charge in [-0.3, -0.25) is 14.5 Å². The minimum Gasteiger partial charge on any atom is -0.342 e. The molecule has 7 heteroatoms. The zero-order valence-corrected chi connectivity index (χ0v) is 21.4. The summed E-state index contributed by atoms with van der Waals surface area (Å²) >= 11 is 1.47. The fourth-order valence-corrected chi connectivity index (χ4v) is 6.00. The predicted octanol–water partition coefficient (Wildman–Crippen LogP) is 5.06. The lowest BCUT2D eigenvalue weighted by Gasteiger charge is -2.31. The molecule has 1 heterocycles. The van der Waals surface area contributed by atoms with Crippen molar-refractivity contribution in [3.63, 3.8) is 0 Å². The summed E-state index contributed by atoms with van der Waals surface area (Å²) in [7, 11) is 1.92. The summed E-state index contributed by atoms with van der Waals surface area (Å²) in [6.45, 7) is 3.80. The lowest BCUT2D eigenvalue weighted by molar-refractivity contribution is -0.129. The number of hydrogen-bond donors (Lipinski definition) is 0. The van der Waals surface area contributed by atoms with E-state index < -0.39 is 0 Å². The minimum atomic E-state index is -0.222. The first-order valence-corrected chi connectivity index (χ1v) is 13.7. The van der Waals surface area contributed by atoms with Crippen LogP contribution in [0, 0.1) is 5.82 Å². The zero-order valence-electron chi connectivity index (χ0n) is 20.6. The monoisotopic (exact) mass is 497 g/mol. The molecule has 1 saturated carbocycles. The van der Waals surface area contributed by atoms with Crippen LogP contribution >= 0.6 is 11.8 Å². The van der Waals surface area contributed by atoms with Crippen LogP contribution in [0.2, 0.25) is 0 Å². The lowest BCUT2D eigenvalue weighted by atomic mass is 9.94. The number of halogens is 1. The molecule has 35 heavy (non-hydrogen) atoms. The number of rotatable bonds is 7. The molecule has 0 bridgehead atoms. The number of carbonyl (C=O) groups excluding carboxylic acids is 2. The molecule has 2 aromatic rings. The maximum atomic E-state index is 13.5. The Labute approximate surface area is 212 Å². The molecule has 2 fully saturated rings. The van der Waals surface area contributed by atoms with Crippen molar-refractivity contribution >= 4 is 23.6 Å². The van der Waals surface area contributed by atoms with E-state index in [4.69, 9.17) is 0 Å². The van der Waals surface area contributed by atoms with Crippen LogP contribution in [0.3, 0.4) is 0 Å². The van der Waals surface area contributed by atoms with Crippen molar-refractivity contribution in [3.05, 3.63) is 65.5 Å². The molecule has 0 spiro atoms. The van der Waals surface area contributed by atoms with Gasteiger partial charge in [-0.05, 0) is 49.1 Å². The van der Waals surface area contributed by atoms with Crippen LogP contribution in [-0.2, 0) is 11.3 Å². The summed E-state index contributed by atoms with van der Waals surface area (Å²) in [5.41, 5.74) is 1.76. The van der Waals surface area contributed by atoms with Crippen molar-refractivity contribution in [1.82, 2.24) is 14.7 Å². The Hall–Kier alpha value is -2.38. The third-order valence-electron chi connectivity index (χ3n) is 7.18. The van der Waals surface area contributed by atoms with Crippen LogP contribution in [-0.4, -0.2) is 71.5 Å². The summed E-state index contributed by atoms with van der Waals surface area (Å²) in [4.78, 5) is 33.3. The molecule has 0 radical (unpaired) electrons. The molecular formula is C28H36FN3O2S. The summed E-state index contributed by atoms with van der Waals surface area (Å²) < 4.78 is 13.2. The molecule has 1 aliphatic heterocycles. The van der Waals surface area contributed by atoms with Gasteiger partial charge in [-0.1, -0.05) is 43.5 Å². The summed E-state index contributed by atoms with van der Waals surface area (Å²) in [6, 6.07) is 14.6. The Balaban J connectivity index is 1.33. The van der Waals surface area contributed by atoms with Crippen molar-refractivity contribution < 1.29 is 14.0 Å². The Morgan fingerprint density at radius 2 is 1.69 bits per heavy atom. The zero-order chi connectivity index (χ0) is 24.6. The van der Waals surface area contributed by atoms with Gasteiger partial charge in [-0.15, -0.1) is 11.8 Å². The van der Waals surface area contributed by atoms with Crippen molar-refractivity contribution in [2.24, 2.45) is 0 Å². The molecule has 1 saturated heterocycles. The van der Waals surface area contributed by atoms with Gasteiger partial charge in [0.05, 0.1) is 11.3 Å². The Morgan fingerprint density at radius 3 is 2.46 bits per heavy atom. The fourth-order valence-electron chi connectivity index (χ4n) is 5.03. The van der Waals surface area contributed by atoms with E-state index >= 15 is 0 Å². The Bertz CT molecular complexity index is 994. The number of benzene rings is 2. The van der Waals surface area contributed by atoms with Crippen LogP contribution in [0.5, 0.6) is 0 Å². The van der Waals surface area contributed by atoms with E-state index in [9.17, 15) is 14.0 Å². The first-order chi connectivity index (χ1) is 17.0. The third kappa shape index (κ3) is 7.07. The molecule has 0 atom stereocenters. The highest BCUT2D eigenvalue weighted by Gasteiger charge is 2.25. The number of amides is 2. The molecular weight excluding hydrogens is 461 g/mol. The quantitative estimate of drug-likeness (QED) is 0.502. The van der Waals surface area contributed by atoms with Gasteiger partial charge in [0.15, 0.2) is 0 Å². The molecule has 0 aromatic heterocycles. The second kappa shape index (κ2) is 12.5. The van der Waals surface area contributed by atoms with E-state index in [0.717, 1.165) is 49.4 Å². The minimum absolute atomic E-state index is 0.0322. The van der Waals surface area contributed by atoms with Crippen LogP contribution < -0.4 is 0 Å². The van der Waals surface area contributed by atoms with Gasteiger partial charge < -0.3 is 9.80 Å². The Morgan fingerprint density at radius 1 is 0.943 bits per heavy atom. The molecule has 2 aromatic carbocycles. The SMILES string of the molecule is CN(C(=O)CSc1ccccc1C(=O)N1CCCN(Cc2ccc(F)cc2)CC1)C1CCCCC1. The summed E-state index contributed by atoms with van der Waals surface area (Å²) in [5.74, 6) is 0.295. The van der Waals surface area contributed by atoms with Crippen molar-refractivity contribution in [3.8, 4) is 0 Å². The molecule has 1 aliphatic carbocycles. The highest BCUT2D eigenvalue weighted by atomic mass is 32.2. The van der Waals surface area contributed by atoms with E-state index in [1.807, 2.05) is 53.2 Å². The van der Waals surface area contributed by atoms with Crippen LogP contribution in [0.4, 0.5) is 4.39 Å². The lowest BCUT2D eigenvalue weighted by Crippen LogP contribution is -2.39. The molecule has 188 valence electrons. The fraction of sp³-hybridized carbons (Fsp3) is 0.500. The normalized spacial score (nSPS) is 17.7. The molecule has 5 nitrogen and oxygen atoms in total. The van der Waals surface area contributed by atoms with Gasteiger partial charge in [0.2, 0.25) is 5.91 Å². The molecule has 2 amide bonds. The van der Waals surface area contributed by atoms with Crippen molar-refractivity contribution in [2.75, 3.05) is 39.0 Å². The Kier molecular flexibility index (Phi) is 9.21. The van der Waals surface area contributed by atoms with E-state index in [0.29, 0.717) is 30.4 Å². The van der Waals surface area contributed by atoms with E-state index in [1.165, 1.54) is 43.2 Å². The average molecular weight is 498 g/mol. The summed E-state index contributed by atoms with van der Waals surface area (Å²) in [6.07, 6.45) is 6.74. The second-order valence-corrected chi connectivity index (χ2v) is 10.6. The maximum absolute atomic E-state index is 13.5. The van der Waals surface area contributed by atoms with Gasteiger partial charge in [-0.2, -0.15) is 0 Å². The topological polar surface area (TPSA) is 43.9 Å². The second-order valence-electron chi connectivity index (χ2n) is 9.63. The smallest absolute Gasteiger partial charge is 0.255 e. The van der Waals surface area contributed by atoms with Gasteiger partial charge >= 0.3 is 0 Å². The average Bonchev–Trinajstić information content (AvgIpc) is 3.14. The third-order valence-corrected chi connectivity index (χ3v) is 8.24. The van der Waals surface area contributed by atoms with Gasteiger partial charge in [-0.25, -0.2) is 4.39 Å². The van der Waals surface area contributed by atoms with Gasteiger partial charge in [0.25, 0.3) is 5.91 Å². The van der Waals surface area contributed by atoms with Gasteiger partial charge in [0.1, 0.15) is 5.82 Å². The number of nitrogens with zero attached hydrogens (tertiary/aromatic N) is 3. The van der Waals surface area contributed by atoms with Crippen molar-refractivity contribution in [2.45, 2.75) is 56.0 Å². The number of carbonyl (C=O) groups is 2. The largest absolute Gasteiger partial charge is 0.342 e. The predicted molar refractivity (Wildman–Crippen MR) is 139 cm³/mol. The van der Waals surface area contributed by atoms with Crippen molar-refractivity contribution in [1.29, 1.82) is 0 Å². The van der Waals surface area contributed by atoms with E-state index in [2.05, 4.69) is 4.90 Å².